The average molecular weight is 384 g/mol. The summed E-state index contributed by atoms with van der Waals surface area (Å²) in [5.74, 6) is 0.512. The lowest BCUT2D eigenvalue weighted by Crippen LogP contribution is -2.29. The molecule has 122 valence electrons. The van der Waals surface area contributed by atoms with Gasteiger partial charge in [0.1, 0.15) is 0 Å². The molecule has 0 radical (unpaired) electrons. The quantitative estimate of drug-likeness (QED) is 0.581. The molecule has 24 heavy (non-hydrogen) atoms. The summed E-state index contributed by atoms with van der Waals surface area (Å²) >= 11 is 3.50. The topological polar surface area (TPSA) is 38.3 Å². The standard InChI is InChI=1S/C20H18BrNO2/c1-24-20(23)13-7-10-18-17(11-13)15-3-2-4-16(15)19(22-18)12-5-8-14(21)9-6-12/h2-3,5-11,15-16,19,22H,4H2,1H3/t15-,16+,19+/m0/s1. The van der Waals surface area contributed by atoms with Crippen molar-refractivity contribution in [2.75, 3.05) is 12.4 Å². The van der Waals surface area contributed by atoms with E-state index in [1.54, 1.807) is 0 Å². The van der Waals surface area contributed by atoms with Crippen molar-refractivity contribution in [3.63, 3.8) is 0 Å². The number of anilines is 1. The van der Waals surface area contributed by atoms with Crippen LogP contribution in [-0.4, -0.2) is 13.1 Å². The summed E-state index contributed by atoms with van der Waals surface area (Å²) in [6, 6.07) is 14.6. The van der Waals surface area contributed by atoms with Gasteiger partial charge in [-0.15, -0.1) is 0 Å². The summed E-state index contributed by atoms with van der Waals surface area (Å²) in [5, 5.41) is 3.68. The third-order valence-electron chi connectivity index (χ3n) is 5.01. The molecule has 4 heteroatoms. The van der Waals surface area contributed by atoms with E-state index in [0.29, 0.717) is 17.4 Å². The number of allylic oxidation sites excluding steroid dienone is 2. The molecule has 2 aromatic rings. The van der Waals surface area contributed by atoms with Crippen LogP contribution in [0.1, 0.15) is 39.9 Å². The normalized spacial score (nSPS) is 24.0. The molecular formula is C20H18BrNO2. The second kappa shape index (κ2) is 6.10. The molecule has 0 bridgehead atoms. The van der Waals surface area contributed by atoms with Crippen LogP contribution >= 0.6 is 15.9 Å². The van der Waals surface area contributed by atoms with Gasteiger partial charge in [-0.3, -0.25) is 0 Å². The van der Waals surface area contributed by atoms with Gasteiger partial charge in [0.2, 0.25) is 0 Å². The van der Waals surface area contributed by atoms with Crippen molar-refractivity contribution in [1.82, 2.24) is 0 Å². The van der Waals surface area contributed by atoms with Crippen molar-refractivity contribution in [2.45, 2.75) is 18.4 Å². The largest absolute Gasteiger partial charge is 0.465 e. The molecule has 4 rings (SSSR count). The van der Waals surface area contributed by atoms with Gasteiger partial charge in [-0.25, -0.2) is 4.79 Å². The predicted molar refractivity (Wildman–Crippen MR) is 98.3 cm³/mol. The highest BCUT2D eigenvalue weighted by Crippen LogP contribution is 2.50. The monoisotopic (exact) mass is 383 g/mol. The minimum absolute atomic E-state index is 0.273. The SMILES string of the molecule is COC(=O)c1ccc2c(c1)[C@H]1C=CC[C@H]1[C@@H](c1ccc(Br)cc1)N2. The second-order valence-electron chi connectivity index (χ2n) is 6.32. The summed E-state index contributed by atoms with van der Waals surface area (Å²) in [5.41, 5.74) is 4.19. The van der Waals surface area contributed by atoms with Crippen molar-refractivity contribution in [3.8, 4) is 0 Å². The van der Waals surface area contributed by atoms with Crippen LogP contribution in [0.2, 0.25) is 0 Å². The summed E-state index contributed by atoms with van der Waals surface area (Å²) in [7, 11) is 1.42. The first-order chi connectivity index (χ1) is 11.7. The number of ether oxygens (including phenoxy) is 1. The second-order valence-corrected chi connectivity index (χ2v) is 7.24. The number of hydrogen-bond acceptors (Lipinski definition) is 3. The van der Waals surface area contributed by atoms with Crippen LogP contribution in [0.5, 0.6) is 0 Å². The summed E-state index contributed by atoms with van der Waals surface area (Å²) in [6.45, 7) is 0. The Balaban J connectivity index is 1.74. The average Bonchev–Trinajstić information content (AvgIpc) is 3.11. The fourth-order valence-corrected chi connectivity index (χ4v) is 4.10. The molecule has 3 nitrogen and oxygen atoms in total. The Kier molecular flexibility index (Phi) is 3.93. The number of benzene rings is 2. The lowest BCUT2D eigenvalue weighted by atomic mass is 9.76. The molecule has 1 heterocycles. The first-order valence-electron chi connectivity index (χ1n) is 8.08. The van der Waals surface area contributed by atoms with Gasteiger partial charge in [0.05, 0.1) is 18.7 Å². The molecule has 0 saturated heterocycles. The van der Waals surface area contributed by atoms with Crippen LogP contribution in [0, 0.1) is 5.92 Å². The molecule has 0 saturated carbocycles. The van der Waals surface area contributed by atoms with Crippen molar-refractivity contribution < 1.29 is 9.53 Å². The maximum atomic E-state index is 11.8. The van der Waals surface area contributed by atoms with E-state index in [1.165, 1.54) is 18.2 Å². The van der Waals surface area contributed by atoms with E-state index < -0.39 is 0 Å². The van der Waals surface area contributed by atoms with E-state index in [4.69, 9.17) is 4.74 Å². The molecule has 1 aliphatic carbocycles. The Morgan fingerprint density at radius 3 is 2.75 bits per heavy atom. The van der Waals surface area contributed by atoms with Crippen LogP contribution in [0.25, 0.3) is 0 Å². The molecule has 2 aliphatic rings. The van der Waals surface area contributed by atoms with Gasteiger partial charge in [-0.05, 0) is 53.8 Å². The maximum Gasteiger partial charge on any atom is 0.337 e. The molecule has 0 spiro atoms. The molecule has 3 atom stereocenters. The van der Waals surface area contributed by atoms with Crippen LogP contribution in [-0.2, 0) is 4.74 Å². The fourth-order valence-electron chi connectivity index (χ4n) is 3.84. The lowest BCUT2D eigenvalue weighted by molar-refractivity contribution is 0.0600. The van der Waals surface area contributed by atoms with E-state index >= 15 is 0 Å². The minimum Gasteiger partial charge on any atom is -0.465 e. The highest BCUT2D eigenvalue weighted by molar-refractivity contribution is 9.10. The number of hydrogen-bond donors (Lipinski definition) is 1. The Labute approximate surface area is 149 Å². The smallest absolute Gasteiger partial charge is 0.337 e. The number of esters is 1. The number of methoxy groups -OCH3 is 1. The summed E-state index contributed by atoms with van der Waals surface area (Å²) in [4.78, 5) is 11.8. The maximum absolute atomic E-state index is 11.8. The first-order valence-corrected chi connectivity index (χ1v) is 8.87. The number of carbonyl (C=O) groups is 1. The van der Waals surface area contributed by atoms with Gasteiger partial charge in [-0.2, -0.15) is 0 Å². The lowest BCUT2D eigenvalue weighted by Gasteiger charge is -2.37. The van der Waals surface area contributed by atoms with Gasteiger partial charge < -0.3 is 10.1 Å². The van der Waals surface area contributed by atoms with E-state index in [9.17, 15) is 4.79 Å². The molecule has 0 unspecified atom stereocenters. The highest BCUT2D eigenvalue weighted by atomic mass is 79.9. The summed E-state index contributed by atoms with van der Waals surface area (Å²) < 4.78 is 5.95. The van der Waals surface area contributed by atoms with Gasteiger partial charge in [0.15, 0.2) is 0 Å². The van der Waals surface area contributed by atoms with Crippen molar-refractivity contribution in [2.24, 2.45) is 5.92 Å². The number of carbonyl (C=O) groups excluding carboxylic acids is 1. The zero-order valence-electron chi connectivity index (χ0n) is 13.3. The Bertz CT molecular complexity index is 813. The van der Waals surface area contributed by atoms with Crippen LogP contribution in [0.3, 0.4) is 0 Å². The van der Waals surface area contributed by atoms with Gasteiger partial charge in [0, 0.05) is 16.1 Å². The van der Waals surface area contributed by atoms with E-state index in [1.807, 2.05) is 18.2 Å². The van der Waals surface area contributed by atoms with Crippen molar-refractivity contribution >= 4 is 27.6 Å². The molecule has 0 fully saturated rings. The molecule has 0 amide bonds. The minimum atomic E-state index is -0.286. The first kappa shape index (κ1) is 15.5. The van der Waals surface area contributed by atoms with Gasteiger partial charge >= 0.3 is 5.97 Å². The van der Waals surface area contributed by atoms with E-state index in [2.05, 4.69) is 57.7 Å². The van der Waals surface area contributed by atoms with Gasteiger partial charge in [-0.1, -0.05) is 40.2 Å². The predicted octanol–water partition coefficient (Wildman–Crippen LogP) is 5.06. The molecule has 1 N–H and O–H groups in total. The van der Waals surface area contributed by atoms with Crippen LogP contribution in [0.15, 0.2) is 59.1 Å². The van der Waals surface area contributed by atoms with Crippen molar-refractivity contribution in [3.05, 3.63) is 75.8 Å². The third kappa shape index (κ3) is 2.55. The van der Waals surface area contributed by atoms with Crippen LogP contribution < -0.4 is 5.32 Å². The number of fused-ring (bicyclic) bond motifs is 3. The molecule has 1 aliphatic heterocycles. The zero-order chi connectivity index (χ0) is 16.7. The molecule has 2 aromatic carbocycles. The number of halogens is 1. The Morgan fingerprint density at radius 1 is 1.21 bits per heavy atom. The number of rotatable bonds is 2. The molecule has 0 aromatic heterocycles. The van der Waals surface area contributed by atoms with Gasteiger partial charge in [0.25, 0.3) is 0 Å². The summed E-state index contributed by atoms with van der Waals surface area (Å²) in [6.07, 6.45) is 5.57. The molecular weight excluding hydrogens is 366 g/mol. The van der Waals surface area contributed by atoms with Crippen molar-refractivity contribution in [1.29, 1.82) is 0 Å². The van der Waals surface area contributed by atoms with E-state index in [-0.39, 0.29) is 12.0 Å². The Morgan fingerprint density at radius 2 is 2.00 bits per heavy atom. The highest BCUT2D eigenvalue weighted by Gasteiger charge is 2.38. The number of nitrogens with one attached hydrogen (secondary N) is 1. The fraction of sp³-hybridized carbons (Fsp3) is 0.250. The Hall–Kier alpha value is -2.07. The van der Waals surface area contributed by atoms with E-state index in [0.717, 1.165) is 16.6 Å². The zero-order valence-corrected chi connectivity index (χ0v) is 14.9. The van der Waals surface area contributed by atoms with Crippen LogP contribution in [0.4, 0.5) is 5.69 Å². The third-order valence-corrected chi connectivity index (χ3v) is 5.54.